The van der Waals surface area contributed by atoms with Gasteiger partial charge in [0.1, 0.15) is 43.2 Å². The van der Waals surface area contributed by atoms with E-state index < -0.39 is 34.8 Å². The molecule has 0 amide bonds. The minimum atomic E-state index is -0.804. The Kier molecular flexibility index (Phi) is 9.77. The second kappa shape index (κ2) is 13.8. The van der Waals surface area contributed by atoms with E-state index in [1.165, 1.54) is 12.2 Å². The number of esters is 4. The molecule has 2 saturated carbocycles. The highest BCUT2D eigenvalue weighted by Crippen LogP contribution is 2.83. The Labute approximate surface area is 306 Å². The molecule has 12 nitrogen and oxygen atoms in total. The largest absolute Gasteiger partial charge is 0.463 e. The molecule has 0 aromatic heterocycles. The molecule has 14 heteroatoms. The lowest BCUT2D eigenvalue weighted by Gasteiger charge is -2.53. The fraction of sp³-hybridized carbons (Fsp3) is 0.838. The smallest absolute Gasteiger partial charge is 0.334 e. The molecule has 5 heterocycles. The summed E-state index contributed by atoms with van der Waals surface area (Å²) in [5, 5.41) is 0.724. The molecule has 0 aromatic carbocycles. The number of epoxide rings is 3. The molecule has 10 atom stereocenters. The van der Waals surface area contributed by atoms with Gasteiger partial charge in [-0.2, -0.15) is 0 Å². The number of hydrogen-bond donors (Lipinski definition) is 0. The summed E-state index contributed by atoms with van der Waals surface area (Å²) in [7, 11) is 3.90. The maximum atomic E-state index is 13.4. The lowest BCUT2D eigenvalue weighted by Crippen LogP contribution is -2.70. The van der Waals surface area contributed by atoms with Crippen LogP contribution in [0.2, 0.25) is 0 Å². The molecule has 8 aliphatic rings. The second-order valence-electron chi connectivity index (χ2n) is 15.9. The normalized spacial score (nSPS) is 40.6. The molecule has 0 bridgehead atoms. The fourth-order valence-electron chi connectivity index (χ4n) is 10.3. The Morgan fingerprint density at radius 1 is 0.922 bits per heavy atom. The second-order valence-corrected chi connectivity index (χ2v) is 18.6. The van der Waals surface area contributed by atoms with Crippen molar-refractivity contribution in [1.82, 2.24) is 0 Å². The molecule has 0 aromatic rings. The Hall–Kier alpha value is -1.84. The number of cyclic esters (lactones) is 1. The summed E-state index contributed by atoms with van der Waals surface area (Å²) in [6, 6.07) is 0. The van der Waals surface area contributed by atoms with E-state index in [2.05, 4.69) is 20.8 Å². The summed E-state index contributed by atoms with van der Waals surface area (Å²) in [6.45, 7) is 7.42. The van der Waals surface area contributed by atoms with Crippen LogP contribution in [0, 0.1) is 17.3 Å². The monoisotopic (exact) mass is 750 g/mol. The van der Waals surface area contributed by atoms with Gasteiger partial charge in [0.2, 0.25) is 0 Å². The van der Waals surface area contributed by atoms with Crippen molar-refractivity contribution >= 4 is 45.5 Å². The highest BCUT2D eigenvalue weighted by atomic mass is 33.1. The Morgan fingerprint density at radius 3 is 2.39 bits per heavy atom. The first kappa shape index (κ1) is 36.2. The van der Waals surface area contributed by atoms with Crippen LogP contribution >= 0.6 is 21.6 Å². The molecule has 4 saturated heterocycles. The Bertz CT molecular complexity index is 1460. The summed E-state index contributed by atoms with van der Waals surface area (Å²) in [4.78, 5) is 50.1. The van der Waals surface area contributed by atoms with Gasteiger partial charge in [-0.25, -0.2) is 4.79 Å². The van der Waals surface area contributed by atoms with Crippen LogP contribution in [0.4, 0.5) is 0 Å². The summed E-state index contributed by atoms with van der Waals surface area (Å²) in [6.07, 6.45) is 6.09. The summed E-state index contributed by atoms with van der Waals surface area (Å²) in [5.74, 6) is 0.151. The van der Waals surface area contributed by atoms with Crippen LogP contribution in [0.25, 0.3) is 0 Å². The van der Waals surface area contributed by atoms with Crippen molar-refractivity contribution in [2.24, 2.45) is 17.3 Å². The molecule has 8 rings (SSSR count). The summed E-state index contributed by atoms with van der Waals surface area (Å²) >= 11 is 0. The first-order valence-electron chi connectivity index (χ1n) is 18.9. The average Bonchev–Trinajstić information content (AvgIpc) is 4.04. The zero-order valence-corrected chi connectivity index (χ0v) is 31.4. The van der Waals surface area contributed by atoms with E-state index >= 15 is 0 Å². The molecule has 2 spiro atoms. The third-order valence-electron chi connectivity index (χ3n) is 12.9. The van der Waals surface area contributed by atoms with Crippen molar-refractivity contribution in [1.29, 1.82) is 0 Å². The molecule has 3 aliphatic carbocycles. The molecule has 5 aliphatic heterocycles. The number of ether oxygens (including phenoxy) is 8. The predicted molar refractivity (Wildman–Crippen MR) is 184 cm³/mol. The van der Waals surface area contributed by atoms with Gasteiger partial charge in [-0.1, -0.05) is 48.8 Å². The number of fused-ring (bicyclic) bond motifs is 4. The molecular formula is C37H50O12S2. The van der Waals surface area contributed by atoms with Crippen LogP contribution in [0.15, 0.2) is 11.1 Å². The summed E-state index contributed by atoms with van der Waals surface area (Å²) in [5.41, 5.74) is -0.572. The van der Waals surface area contributed by atoms with Gasteiger partial charge < -0.3 is 37.9 Å². The van der Waals surface area contributed by atoms with Crippen molar-refractivity contribution < 1.29 is 57.1 Å². The van der Waals surface area contributed by atoms with Gasteiger partial charge in [-0.05, 0) is 62.4 Å². The lowest BCUT2D eigenvalue weighted by atomic mass is 9.46. The minimum absolute atomic E-state index is 0.0541. The Morgan fingerprint density at radius 2 is 1.67 bits per heavy atom. The molecular weight excluding hydrogens is 701 g/mol. The van der Waals surface area contributed by atoms with E-state index in [0.29, 0.717) is 19.4 Å². The van der Waals surface area contributed by atoms with E-state index in [1.54, 1.807) is 0 Å². The average molecular weight is 751 g/mol. The standard InChI is InChI=1S/C37H50O12S2/c1-21(2)35-30(48-35)31-37(49-31)34(3)13-11-23-24(20-45-32(23)41)25(34)19-26-36(37,47-26)33(35)46-29(40)10-6-9-28(39)44-17-15-42-14-16-43-27(38)8-5-4-7-22-12-18-50-51-22/h21-22,25-26,30-31,33H,4-20H2,1-3H3/t22?,25-,26-,30-,31-,33+,34-,35-,36+,37+/m0/s1. The number of unbranched alkanes of at least 4 members (excludes halogenated alkanes) is 1. The number of rotatable bonds is 17. The van der Waals surface area contributed by atoms with Gasteiger partial charge in [0.05, 0.1) is 19.3 Å². The van der Waals surface area contributed by atoms with E-state index in [1.807, 2.05) is 21.6 Å². The van der Waals surface area contributed by atoms with Gasteiger partial charge in [-0.3, -0.25) is 14.4 Å². The first-order valence-corrected chi connectivity index (χ1v) is 21.3. The van der Waals surface area contributed by atoms with Gasteiger partial charge >= 0.3 is 23.9 Å². The van der Waals surface area contributed by atoms with Crippen LogP contribution in [0.3, 0.4) is 0 Å². The lowest BCUT2D eigenvalue weighted by molar-refractivity contribution is -0.169. The summed E-state index contributed by atoms with van der Waals surface area (Å²) < 4.78 is 47.6. The van der Waals surface area contributed by atoms with E-state index in [9.17, 15) is 19.2 Å². The van der Waals surface area contributed by atoms with E-state index in [-0.39, 0.29) is 93.2 Å². The van der Waals surface area contributed by atoms with Crippen LogP contribution in [-0.2, 0) is 57.1 Å². The fourth-order valence-corrected chi connectivity index (χ4v) is 13.3. The van der Waals surface area contributed by atoms with Crippen molar-refractivity contribution in [3.8, 4) is 0 Å². The molecule has 0 radical (unpaired) electrons. The van der Waals surface area contributed by atoms with Gasteiger partial charge in [0.25, 0.3) is 0 Å². The van der Waals surface area contributed by atoms with Crippen molar-refractivity contribution in [2.75, 3.05) is 38.8 Å². The zero-order valence-electron chi connectivity index (χ0n) is 29.8. The highest BCUT2D eigenvalue weighted by molar-refractivity contribution is 8.77. The van der Waals surface area contributed by atoms with Gasteiger partial charge in [0.15, 0.2) is 11.7 Å². The van der Waals surface area contributed by atoms with Crippen LogP contribution in [0.1, 0.15) is 91.4 Å². The SMILES string of the molecule is CC(C)[C@]12O[C@H]1[C@@H]1O[C@]13[C@]1(O[C@H]1C[C@H]1C4=C(CC[C@@]13C)C(=O)OC4)[C@@H]2OC(=O)CCCC(=O)OCCOCCOC(=O)CCCCC1CCSS1. The molecule has 1 unspecified atom stereocenters. The van der Waals surface area contributed by atoms with Crippen LogP contribution in [0.5, 0.6) is 0 Å². The van der Waals surface area contributed by atoms with Crippen molar-refractivity contribution in [3.05, 3.63) is 11.1 Å². The van der Waals surface area contributed by atoms with Crippen LogP contribution in [-0.4, -0.2) is 109 Å². The molecule has 6 fully saturated rings. The Balaban J connectivity index is 0.765. The third kappa shape index (κ3) is 5.88. The van der Waals surface area contributed by atoms with E-state index in [0.717, 1.165) is 48.5 Å². The topological polar surface area (TPSA) is 152 Å². The number of carbonyl (C=O) groups is 4. The molecule has 0 N–H and O–H groups in total. The quantitative estimate of drug-likeness (QED) is 0.0667. The van der Waals surface area contributed by atoms with E-state index in [4.69, 9.17) is 37.9 Å². The predicted octanol–water partition coefficient (Wildman–Crippen LogP) is 4.64. The third-order valence-corrected chi connectivity index (χ3v) is 15.9. The minimum Gasteiger partial charge on any atom is -0.463 e. The molecule has 282 valence electrons. The maximum absolute atomic E-state index is 13.4. The number of hydrogen-bond acceptors (Lipinski definition) is 14. The molecule has 51 heavy (non-hydrogen) atoms. The zero-order chi connectivity index (χ0) is 35.6. The van der Waals surface area contributed by atoms with Gasteiger partial charge in [-0.15, -0.1) is 0 Å². The maximum Gasteiger partial charge on any atom is 0.334 e. The first-order chi connectivity index (χ1) is 24.6. The highest BCUT2D eigenvalue weighted by Gasteiger charge is 3.01. The van der Waals surface area contributed by atoms with Gasteiger partial charge in [0, 0.05) is 41.3 Å². The van der Waals surface area contributed by atoms with Crippen molar-refractivity contribution in [2.45, 2.75) is 138 Å². The van der Waals surface area contributed by atoms with Crippen LogP contribution < -0.4 is 0 Å². The number of carbonyl (C=O) groups excluding carboxylic acids is 4. The van der Waals surface area contributed by atoms with Crippen molar-refractivity contribution in [3.63, 3.8) is 0 Å².